The van der Waals surface area contributed by atoms with Gasteiger partial charge in [0.2, 0.25) is 0 Å². The zero-order valence-corrected chi connectivity index (χ0v) is 11.7. The third-order valence-electron chi connectivity index (χ3n) is 3.27. The lowest BCUT2D eigenvalue weighted by atomic mass is 9.97. The smallest absolute Gasteiger partial charge is 0.358 e. The minimum atomic E-state index is -0.979. The molecule has 102 valence electrons. The van der Waals surface area contributed by atoms with Gasteiger partial charge in [-0.1, -0.05) is 32.9 Å². The molecule has 0 aliphatic rings. The van der Waals surface area contributed by atoms with Crippen molar-refractivity contribution < 1.29 is 9.90 Å². The molecule has 0 aliphatic carbocycles. The van der Waals surface area contributed by atoms with Crippen LogP contribution in [-0.2, 0) is 6.54 Å². The second-order valence-corrected chi connectivity index (χ2v) is 5.05. The molecular weight excluding hydrogens is 230 g/mol. The first-order valence-electron chi connectivity index (χ1n) is 6.67. The van der Waals surface area contributed by atoms with Crippen LogP contribution < -0.4 is 0 Å². The summed E-state index contributed by atoms with van der Waals surface area (Å²) in [4.78, 5) is 11.2. The van der Waals surface area contributed by atoms with Gasteiger partial charge in [0, 0.05) is 12.5 Å². The minimum absolute atomic E-state index is 0.118. The molecule has 0 fully saturated rings. The van der Waals surface area contributed by atoms with E-state index in [1.165, 1.54) is 0 Å². The van der Waals surface area contributed by atoms with E-state index >= 15 is 0 Å². The van der Waals surface area contributed by atoms with Crippen LogP contribution in [0.2, 0.25) is 0 Å². The number of nitrogens with zero attached hydrogens (tertiary/aromatic N) is 3. The van der Waals surface area contributed by atoms with E-state index in [1.807, 2.05) is 0 Å². The van der Waals surface area contributed by atoms with Gasteiger partial charge in [-0.15, -0.1) is 5.10 Å². The normalized spacial score (nSPS) is 11.4. The molecule has 0 amide bonds. The van der Waals surface area contributed by atoms with Crippen LogP contribution >= 0.6 is 0 Å². The molecular formula is C13H23N3O2. The number of aromatic nitrogens is 3. The summed E-state index contributed by atoms with van der Waals surface area (Å²) in [6.45, 7) is 9.17. The lowest BCUT2D eigenvalue weighted by Gasteiger charge is -2.15. The van der Waals surface area contributed by atoms with Crippen molar-refractivity contribution in [3.63, 3.8) is 0 Å². The van der Waals surface area contributed by atoms with E-state index in [0.717, 1.165) is 31.5 Å². The Morgan fingerprint density at radius 3 is 2.39 bits per heavy atom. The highest BCUT2D eigenvalue weighted by molar-refractivity contribution is 5.86. The standard InChI is InChI=1S/C13H23N3O2/c1-5-10(6-2)12-11(13(17)18)14-15-16(12)8-7-9(3)4/h9-10H,5-8H2,1-4H3,(H,17,18). The lowest BCUT2D eigenvalue weighted by molar-refractivity contribution is 0.0688. The summed E-state index contributed by atoms with van der Waals surface area (Å²) in [5.74, 6) is -0.192. The Morgan fingerprint density at radius 2 is 1.94 bits per heavy atom. The fourth-order valence-electron chi connectivity index (χ4n) is 2.10. The summed E-state index contributed by atoms with van der Waals surface area (Å²) in [5, 5.41) is 17.0. The number of carboxylic acid groups (broad SMARTS) is 1. The van der Waals surface area contributed by atoms with Crippen molar-refractivity contribution in [1.29, 1.82) is 0 Å². The molecule has 5 heteroatoms. The van der Waals surface area contributed by atoms with Crippen LogP contribution in [0.1, 0.15) is 69.1 Å². The molecule has 1 aromatic heterocycles. The van der Waals surface area contributed by atoms with E-state index in [1.54, 1.807) is 4.68 Å². The topological polar surface area (TPSA) is 68.0 Å². The van der Waals surface area contributed by atoms with E-state index in [2.05, 4.69) is 38.0 Å². The molecule has 0 bridgehead atoms. The molecule has 1 aromatic rings. The number of hydrogen-bond acceptors (Lipinski definition) is 3. The summed E-state index contributed by atoms with van der Waals surface area (Å²) < 4.78 is 1.78. The Kier molecular flexibility index (Phi) is 5.31. The van der Waals surface area contributed by atoms with Gasteiger partial charge in [0.1, 0.15) is 0 Å². The van der Waals surface area contributed by atoms with Crippen molar-refractivity contribution in [2.45, 2.75) is 59.4 Å². The number of aryl methyl sites for hydroxylation is 1. The predicted molar refractivity (Wildman–Crippen MR) is 69.8 cm³/mol. The maximum absolute atomic E-state index is 11.2. The Morgan fingerprint density at radius 1 is 1.33 bits per heavy atom. The summed E-state index contributed by atoms with van der Waals surface area (Å²) in [6.07, 6.45) is 2.80. The van der Waals surface area contributed by atoms with E-state index in [-0.39, 0.29) is 11.6 Å². The van der Waals surface area contributed by atoms with Crippen LogP contribution in [0.25, 0.3) is 0 Å². The molecule has 0 aliphatic heterocycles. The quantitative estimate of drug-likeness (QED) is 0.811. The largest absolute Gasteiger partial charge is 0.476 e. The Hall–Kier alpha value is -1.39. The van der Waals surface area contributed by atoms with E-state index in [0.29, 0.717) is 5.92 Å². The monoisotopic (exact) mass is 253 g/mol. The molecule has 0 aromatic carbocycles. The SMILES string of the molecule is CCC(CC)c1c(C(=O)O)nnn1CCC(C)C. The lowest BCUT2D eigenvalue weighted by Crippen LogP contribution is -2.13. The molecule has 0 unspecified atom stereocenters. The van der Waals surface area contributed by atoms with Gasteiger partial charge in [0.15, 0.2) is 5.69 Å². The fourth-order valence-corrected chi connectivity index (χ4v) is 2.10. The third kappa shape index (κ3) is 3.31. The molecule has 0 atom stereocenters. The number of rotatable bonds is 7. The highest BCUT2D eigenvalue weighted by Crippen LogP contribution is 2.25. The number of aromatic carboxylic acids is 1. The summed E-state index contributed by atoms with van der Waals surface area (Å²) in [5.41, 5.74) is 0.903. The molecule has 1 N–H and O–H groups in total. The molecule has 1 heterocycles. The first-order chi connectivity index (χ1) is 8.51. The van der Waals surface area contributed by atoms with Crippen molar-refractivity contribution in [2.75, 3.05) is 0 Å². The zero-order valence-electron chi connectivity index (χ0n) is 11.7. The number of carbonyl (C=O) groups is 1. The molecule has 0 saturated heterocycles. The maximum atomic E-state index is 11.2. The average molecular weight is 253 g/mol. The Labute approximate surface area is 108 Å². The van der Waals surface area contributed by atoms with Gasteiger partial charge < -0.3 is 5.11 Å². The average Bonchev–Trinajstić information content (AvgIpc) is 2.72. The highest BCUT2D eigenvalue weighted by atomic mass is 16.4. The van der Waals surface area contributed by atoms with Crippen LogP contribution in [0.15, 0.2) is 0 Å². The first kappa shape index (κ1) is 14.7. The van der Waals surface area contributed by atoms with E-state index in [4.69, 9.17) is 0 Å². The minimum Gasteiger partial charge on any atom is -0.476 e. The summed E-state index contributed by atoms with van der Waals surface area (Å²) >= 11 is 0. The molecule has 1 rings (SSSR count). The predicted octanol–water partition coefficient (Wildman–Crippen LogP) is 2.93. The van der Waals surface area contributed by atoms with E-state index in [9.17, 15) is 9.90 Å². The zero-order chi connectivity index (χ0) is 13.7. The third-order valence-corrected chi connectivity index (χ3v) is 3.27. The van der Waals surface area contributed by atoms with Crippen LogP contribution in [0.4, 0.5) is 0 Å². The number of carboxylic acids is 1. The van der Waals surface area contributed by atoms with Gasteiger partial charge in [0.05, 0.1) is 5.69 Å². The molecule has 0 radical (unpaired) electrons. The molecule has 5 nitrogen and oxygen atoms in total. The van der Waals surface area contributed by atoms with Gasteiger partial charge >= 0.3 is 5.97 Å². The van der Waals surface area contributed by atoms with Gasteiger partial charge in [-0.2, -0.15) is 0 Å². The van der Waals surface area contributed by atoms with Crippen molar-refractivity contribution in [3.05, 3.63) is 11.4 Å². The van der Waals surface area contributed by atoms with Crippen molar-refractivity contribution in [2.24, 2.45) is 5.92 Å². The second-order valence-electron chi connectivity index (χ2n) is 5.05. The Bertz CT molecular complexity index is 395. The van der Waals surface area contributed by atoms with Crippen molar-refractivity contribution in [1.82, 2.24) is 15.0 Å². The highest BCUT2D eigenvalue weighted by Gasteiger charge is 2.24. The van der Waals surface area contributed by atoms with Crippen molar-refractivity contribution in [3.8, 4) is 0 Å². The fraction of sp³-hybridized carbons (Fsp3) is 0.769. The van der Waals surface area contributed by atoms with Gasteiger partial charge in [-0.05, 0) is 25.2 Å². The summed E-state index contributed by atoms with van der Waals surface area (Å²) in [6, 6.07) is 0. The second kappa shape index (κ2) is 6.52. The first-order valence-corrected chi connectivity index (χ1v) is 6.67. The number of hydrogen-bond donors (Lipinski definition) is 1. The van der Waals surface area contributed by atoms with E-state index < -0.39 is 5.97 Å². The molecule has 0 spiro atoms. The Balaban J connectivity index is 3.06. The maximum Gasteiger partial charge on any atom is 0.358 e. The summed E-state index contributed by atoms with van der Waals surface area (Å²) in [7, 11) is 0. The van der Waals surface area contributed by atoms with Crippen LogP contribution in [0.5, 0.6) is 0 Å². The molecule has 0 saturated carbocycles. The van der Waals surface area contributed by atoms with Gasteiger partial charge in [-0.3, -0.25) is 0 Å². The van der Waals surface area contributed by atoms with Gasteiger partial charge in [0.25, 0.3) is 0 Å². The van der Waals surface area contributed by atoms with Crippen LogP contribution in [0.3, 0.4) is 0 Å². The van der Waals surface area contributed by atoms with Crippen molar-refractivity contribution >= 4 is 5.97 Å². The van der Waals surface area contributed by atoms with Crippen LogP contribution in [0, 0.1) is 5.92 Å². The van der Waals surface area contributed by atoms with Gasteiger partial charge in [-0.25, -0.2) is 9.48 Å². The molecule has 18 heavy (non-hydrogen) atoms. The van der Waals surface area contributed by atoms with Crippen LogP contribution in [-0.4, -0.2) is 26.1 Å².